The van der Waals surface area contributed by atoms with Gasteiger partial charge in [-0.15, -0.1) is 0 Å². The molecule has 0 fully saturated rings. The minimum absolute atomic E-state index is 0.179. The predicted octanol–water partition coefficient (Wildman–Crippen LogP) is 4.55. The van der Waals surface area contributed by atoms with E-state index < -0.39 is 0 Å². The lowest BCUT2D eigenvalue weighted by molar-refractivity contribution is 0.564. The molecule has 0 radical (unpaired) electrons. The molecular formula is C16H20. The minimum atomic E-state index is 0.179. The van der Waals surface area contributed by atoms with Crippen LogP contribution in [0.2, 0.25) is 0 Å². The van der Waals surface area contributed by atoms with Crippen molar-refractivity contribution in [1.82, 2.24) is 0 Å². The maximum atomic E-state index is 2.36. The van der Waals surface area contributed by atoms with E-state index in [9.17, 15) is 0 Å². The summed E-state index contributed by atoms with van der Waals surface area (Å²) in [5.41, 5.74) is 4.54. The van der Waals surface area contributed by atoms with Gasteiger partial charge in [-0.25, -0.2) is 0 Å². The number of hydrogen-bond donors (Lipinski definition) is 0. The summed E-state index contributed by atoms with van der Waals surface area (Å²) in [6, 6.07) is 8.75. The van der Waals surface area contributed by atoms with Crippen molar-refractivity contribution in [2.45, 2.75) is 39.0 Å². The molecule has 1 atom stereocenters. The van der Waals surface area contributed by atoms with E-state index in [0.29, 0.717) is 0 Å². The fourth-order valence-electron chi connectivity index (χ4n) is 2.56. The molecule has 0 saturated heterocycles. The van der Waals surface area contributed by atoms with Crippen LogP contribution in [0, 0.1) is 6.92 Å². The van der Waals surface area contributed by atoms with Gasteiger partial charge >= 0.3 is 0 Å². The van der Waals surface area contributed by atoms with Crippen molar-refractivity contribution < 1.29 is 0 Å². The molecule has 0 nitrogen and oxygen atoms in total. The highest BCUT2D eigenvalue weighted by Gasteiger charge is 2.29. The molecule has 1 aromatic rings. The van der Waals surface area contributed by atoms with Gasteiger partial charge in [0.2, 0.25) is 0 Å². The smallest absolute Gasteiger partial charge is 0.0168 e. The SMILES string of the molecule is CC1=CCC=CCC1(C)c1ccccc1C. The Kier molecular flexibility index (Phi) is 3.00. The average molecular weight is 212 g/mol. The lowest BCUT2D eigenvalue weighted by Crippen LogP contribution is -2.23. The summed E-state index contributed by atoms with van der Waals surface area (Å²) in [5.74, 6) is 0. The Bertz CT molecular complexity index is 437. The number of rotatable bonds is 1. The van der Waals surface area contributed by atoms with Gasteiger partial charge in [0.1, 0.15) is 0 Å². The van der Waals surface area contributed by atoms with Crippen LogP contribution >= 0.6 is 0 Å². The Morgan fingerprint density at radius 1 is 1.06 bits per heavy atom. The molecule has 0 heteroatoms. The van der Waals surface area contributed by atoms with Gasteiger partial charge in [0.25, 0.3) is 0 Å². The minimum Gasteiger partial charge on any atom is -0.0870 e. The van der Waals surface area contributed by atoms with E-state index in [2.05, 4.69) is 63.3 Å². The van der Waals surface area contributed by atoms with Crippen molar-refractivity contribution in [3.8, 4) is 0 Å². The second-order valence-electron chi connectivity index (χ2n) is 4.95. The Hall–Kier alpha value is -1.30. The van der Waals surface area contributed by atoms with Gasteiger partial charge < -0.3 is 0 Å². The number of benzene rings is 1. The Morgan fingerprint density at radius 3 is 2.56 bits per heavy atom. The van der Waals surface area contributed by atoms with Crippen LogP contribution in [0.4, 0.5) is 0 Å². The first-order valence-electron chi connectivity index (χ1n) is 6.03. The molecule has 0 spiro atoms. The summed E-state index contributed by atoms with van der Waals surface area (Å²) in [5, 5.41) is 0. The highest BCUT2D eigenvalue weighted by Crippen LogP contribution is 2.38. The van der Waals surface area contributed by atoms with Crippen LogP contribution in [0.15, 0.2) is 48.1 Å². The average Bonchev–Trinajstić information content (AvgIpc) is 2.43. The topological polar surface area (TPSA) is 0 Å². The Labute approximate surface area is 98.7 Å². The molecule has 0 N–H and O–H groups in total. The number of hydrogen-bond acceptors (Lipinski definition) is 0. The zero-order valence-corrected chi connectivity index (χ0v) is 10.5. The summed E-state index contributed by atoms with van der Waals surface area (Å²) in [6.07, 6.45) is 9.13. The van der Waals surface area contributed by atoms with Crippen LogP contribution in [-0.4, -0.2) is 0 Å². The highest BCUT2D eigenvalue weighted by molar-refractivity contribution is 5.41. The van der Waals surface area contributed by atoms with E-state index in [4.69, 9.17) is 0 Å². The Morgan fingerprint density at radius 2 is 1.81 bits per heavy atom. The van der Waals surface area contributed by atoms with E-state index in [1.807, 2.05) is 0 Å². The zero-order chi connectivity index (χ0) is 11.6. The second-order valence-corrected chi connectivity index (χ2v) is 4.95. The second kappa shape index (κ2) is 4.29. The lowest BCUT2D eigenvalue weighted by Gasteiger charge is -2.31. The van der Waals surface area contributed by atoms with E-state index in [1.165, 1.54) is 16.7 Å². The molecular weight excluding hydrogens is 192 g/mol. The molecule has 16 heavy (non-hydrogen) atoms. The van der Waals surface area contributed by atoms with Crippen molar-refractivity contribution >= 4 is 0 Å². The standard InChI is InChI=1S/C16H20/c1-13-9-6-7-11-15(13)16(3)12-8-4-5-10-14(16)2/h4,6-11H,5,12H2,1-3H3. The number of aryl methyl sites for hydroxylation is 1. The first kappa shape index (κ1) is 11.2. The van der Waals surface area contributed by atoms with E-state index in [-0.39, 0.29) is 5.41 Å². The molecule has 1 aromatic carbocycles. The van der Waals surface area contributed by atoms with Crippen molar-refractivity contribution in [2.75, 3.05) is 0 Å². The molecule has 1 aliphatic rings. The van der Waals surface area contributed by atoms with Crippen molar-refractivity contribution in [3.05, 3.63) is 59.2 Å². The van der Waals surface area contributed by atoms with Crippen molar-refractivity contribution in [3.63, 3.8) is 0 Å². The molecule has 1 aliphatic carbocycles. The van der Waals surface area contributed by atoms with Crippen LogP contribution < -0.4 is 0 Å². The maximum Gasteiger partial charge on any atom is 0.0168 e. The lowest BCUT2D eigenvalue weighted by atomic mass is 9.72. The molecule has 0 saturated carbocycles. The van der Waals surface area contributed by atoms with Crippen molar-refractivity contribution in [2.24, 2.45) is 0 Å². The van der Waals surface area contributed by atoms with Crippen LogP contribution in [-0.2, 0) is 5.41 Å². The van der Waals surface area contributed by atoms with Gasteiger partial charge in [0.05, 0.1) is 0 Å². The van der Waals surface area contributed by atoms with Crippen LogP contribution in [0.5, 0.6) is 0 Å². The molecule has 0 heterocycles. The largest absolute Gasteiger partial charge is 0.0870 e. The summed E-state index contributed by atoms with van der Waals surface area (Å²) < 4.78 is 0. The highest BCUT2D eigenvalue weighted by atomic mass is 14.3. The molecule has 2 rings (SSSR count). The summed E-state index contributed by atoms with van der Waals surface area (Å²) in [6.45, 7) is 6.83. The first-order valence-corrected chi connectivity index (χ1v) is 6.03. The van der Waals surface area contributed by atoms with Crippen LogP contribution in [0.25, 0.3) is 0 Å². The zero-order valence-electron chi connectivity index (χ0n) is 10.5. The predicted molar refractivity (Wildman–Crippen MR) is 70.7 cm³/mol. The summed E-state index contributed by atoms with van der Waals surface area (Å²) in [4.78, 5) is 0. The first-order chi connectivity index (χ1) is 7.64. The van der Waals surface area contributed by atoms with E-state index >= 15 is 0 Å². The molecule has 0 aliphatic heterocycles. The van der Waals surface area contributed by atoms with Crippen LogP contribution in [0.3, 0.4) is 0 Å². The van der Waals surface area contributed by atoms with E-state index in [1.54, 1.807) is 0 Å². The quantitative estimate of drug-likeness (QED) is 0.599. The van der Waals surface area contributed by atoms with Gasteiger partial charge in [-0.05, 0) is 37.8 Å². The maximum absolute atomic E-state index is 2.36. The molecule has 0 aromatic heterocycles. The third kappa shape index (κ3) is 1.84. The van der Waals surface area contributed by atoms with Gasteiger partial charge in [0, 0.05) is 5.41 Å². The monoisotopic (exact) mass is 212 g/mol. The molecule has 84 valence electrons. The van der Waals surface area contributed by atoms with Crippen molar-refractivity contribution in [1.29, 1.82) is 0 Å². The van der Waals surface area contributed by atoms with Gasteiger partial charge in [-0.3, -0.25) is 0 Å². The fourth-order valence-corrected chi connectivity index (χ4v) is 2.56. The van der Waals surface area contributed by atoms with Gasteiger partial charge in [-0.2, -0.15) is 0 Å². The summed E-state index contributed by atoms with van der Waals surface area (Å²) in [7, 11) is 0. The normalized spacial score (nSPS) is 25.1. The van der Waals surface area contributed by atoms with Crippen LogP contribution in [0.1, 0.15) is 37.8 Å². The fraction of sp³-hybridized carbons (Fsp3) is 0.375. The molecule has 0 bridgehead atoms. The molecule has 0 amide bonds. The third-order valence-electron chi connectivity index (χ3n) is 3.86. The third-order valence-corrected chi connectivity index (χ3v) is 3.86. The van der Waals surface area contributed by atoms with E-state index in [0.717, 1.165) is 12.8 Å². The van der Waals surface area contributed by atoms with Gasteiger partial charge in [-0.1, -0.05) is 55.0 Å². The summed E-state index contributed by atoms with van der Waals surface area (Å²) >= 11 is 0. The Balaban J connectivity index is 2.52. The number of allylic oxidation sites excluding steroid dienone is 4. The molecule has 1 unspecified atom stereocenters. The van der Waals surface area contributed by atoms with Gasteiger partial charge in [0.15, 0.2) is 0 Å².